The first-order valence-electron chi connectivity index (χ1n) is 7.85. The van der Waals surface area contributed by atoms with E-state index in [-0.39, 0.29) is 5.75 Å². The molecular formula is C16H26N2O2S. The van der Waals surface area contributed by atoms with Crippen LogP contribution in [0.4, 0.5) is 0 Å². The van der Waals surface area contributed by atoms with Crippen molar-refractivity contribution in [2.75, 3.05) is 25.4 Å². The lowest BCUT2D eigenvalue weighted by molar-refractivity contribution is 0.236. The average Bonchev–Trinajstić information content (AvgIpc) is 2.99. The van der Waals surface area contributed by atoms with E-state index in [1.54, 1.807) is 12.1 Å². The lowest BCUT2D eigenvalue weighted by Crippen LogP contribution is -2.27. The second kappa shape index (κ2) is 7.38. The molecule has 1 aliphatic rings. The summed E-state index contributed by atoms with van der Waals surface area (Å²) in [4.78, 5) is 2.89. The normalized spacial score (nSPS) is 18.0. The summed E-state index contributed by atoms with van der Waals surface area (Å²) in [6.45, 7) is 4.76. The Morgan fingerprint density at radius 3 is 2.33 bits per heavy atom. The lowest BCUT2D eigenvalue weighted by Gasteiger charge is -2.27. The van der Waals surface area contributed by atoms with E-state index >= 15 is 0 Å². The van der Waals surface area contributed by atoms with Gasteiger partial charge in [0.1, 0.15) is 0 Å². The molecule has 1 fully saturated rings. The summed E-state index contributed by atoms with van der Waals surface area (Å²) in [5.74, 6) is 0.213. The smallest absolute Gasteiger partial charge is 0.178 e. The van der Waals surface area contributed by atoms with Gasteiger partial charge < -0.3 is 5.73 Å². The number of hydrogen-bond acceptors (Lipinski definition) is 4. The summed E-state index contributed by atoms with van der Waals surface area (Å²) in [5.41, 5.74) is 6.93. The molecule has 1 saturated heterocycles. The second-order valence-electron chi connectivity index (χ2n) is 5.72. The molecule has 0 spiro atoms. The number of rotatable bonds is 7. The van der Waals surface area contributed by atoms with E-state index in [1.807, 2.05) is 19.1 Å². The molecule has 0 radical (unpaired) electrons. The van der Waals surface area contributed by atoms with Crippen LogP contribution in [0.1, 0.15) is 44.2 Å². The van der Waals surface area contributed by atoms with Gasteiger partial charge in [0, 0.05) is 6.04 Å². The molecule has 0 aromatic heterocycles. The molecule has 1 aromatic rings. The molecule has 1 atom stereocenters. The molecule has 21 heavy (non-hydrogen) atoms. The third-order valence-electron chi connectivity index (χ3n) is 4.12. The van der Waals surface area contributed by atoms with E-state index in [2.05, 4.69) is 4.90 Å². The highest BCUT2D eigenvalue weighted by Gasteiger charge is 2.23. The van der Waals surface area contributed by atoms with E-state index in [9.17, 15) is 8.42 Å². The number of sulfone groups is 1. The monoisotopic (exact) mass is 310 g/mol. The molecule has 0 amide bonds. The number of nitrogens with two attached hydrogens (primary N) is 1. The van der Waals surface area contributed by atoms with Crippen molar-refractivity contribution < 1.29 is 8.42 Å². The zero-order chi connectivity index (χ0) is 15.3. The SMILES string of the molecule is CCCS(=O)(=O)c1ccc(C(CCN)N2CCCC2)cc1. The Balaban J connectivity index is 2.19. The van der Waals surface area contributed by atoms with E-state index in [0.29, 0.717) is 23.9 Å². The third-order valence-corrected chi connectivity index (χ3v) is 6.05. The molecule has 0 saturated carbocycles. The third kappa shape index (κ3) is 4.05. The van der Waals surface area contributed by atoms with E-state index in [0.717, 1.165) is 19.5 Å². The van der Waals surface area contributed by atoms with Crippen LogP contribution in [0.2, 0.25) is 0 Å². The van der Waals surface area contributed by atoms with Gasteiger partial charge in [0.15, 0.2) is 9.84 Å². The fourth-order valence-electron chi connectivity index (χ4n) is 3.06. The molecule has 0 bridgehead atoms. The molecule has 1 aromatic carbocycles. The maximum Gasteiger partial charge on any atom is 0.178 e. The van der Waals surface area contributed by atoms with Crippen molar-refractivity contribution in [1.82, 2.24) is 4.90 Å². The highest BCUT2D eigenvalue weighted by atomic mass is 32.2. The van der Waals surface area contributed by atoms with Gasteiger partial charge in [-0.1, -0.05) is 19.1 Å². The fraction of sp³-hybridized carbons (Fsp3) is 0.625. The Bertz CT molecular complexity index is 534. The fourth-order valence-corrected chi connectivity index (χ4v) is 4.38. The summed E-state index contributed by atoms with van der Waals surface area (Å²) in [5, 5.41) is 0. The first-order chi connectivity index (χ1) is 10.1. The second-order valence-corrected chi connectivity index (χ2v) is 7.83. The van der Waals surface area contributed by atoms with Gasteiger partial charge in [-0.15, -0.1) is 0 Å². The minimum atomic E-state index is -3.12. The largest absolute Gasteiger partial charge is 0.330 e. The van der Waals surface area contributed by atoms with Gasteiger partial charge >= 0.3 is 0 Å². The van der Waals surface area contributed by atoms with Crippen LogP contribution in [0.3, 0.4) is 0 Å². The standard InChI is InChI=1S/C16H26N2O2S/c1-2-13-21(19,20)15-7-5-14(6-8-15)16(9-10-17)18-11-3-4-12-18/h5-8,16H,2-4,9-13,17H2,1H3. The number of likely N-dealkylation sites (tertiary alicyclic amines) is 1. The molecule has 118 valence electrons. The molecule has 4 nitrogen and oxygen atoms in total. The van der Waals surface area contributed by atoms with Gasteiger partial charge in [0.05, 0.1) is 10.6 Å². The minimum Gasteiger partial charge on any atom is -0.330 e. The molecule has 0 aliphatic carbocycles. The maximum atomic E-state index is 12.1. The minimum absolute atomic E-state index is 0.213. The van der Waals surface area contributed by atoms with Crippen LogP contribution in [0.15, 0.2) is 29.2 Å². The van der Waals surface area contributed by atoms with Gasteiger partial charge in [0.25, 0.3) is 0 Å². The van der Waals surface area contributed by atoms with Crippen LogP contribution in [0.25, 0.3) is 0 Å². The highest BCUT2D eigenvalue weighted by molar-refractivity contribution is 7.91. The zero-order valence-corrected chi connectivity index (χ0v) is 13.6. The van der Waals surface area contributed by atoms with Crippen LogP contribution >= 0.6 is 0 Å². The van der Waals surface area contributed by atoms with E-state index in [4.69, 9.17) is 5.73 Å². The van der Waals surface area contributed by atoms with E-state index < -0.39 is 9.84 Å². The molecule has 1 heterocycles. The van der Waals surface area contributed by atoms with Gasteiger partial charge in [-0.2, -0.15) is 0 Å². The molecule has 2 N–H and O–H groups in total. The van der Waals surface area contributed by atoms with Gasteiger partial charge in [-0.05, 0) is 63.0 Å². The highest BCUT2D eigenvalue weighted by Crippen LogP contribution is 2.28. The molecule has 1 aliphatic heterocycles. The summed E-state index contributed by atoms with van der Waals surface area (Å²) in [7, 11) is -3.12. The Morgan fingerprint density at radius 2 is 1.81 bits per heavy atom. The Labute approximate surface area is 128 Å². The maximum absolute atomic E-state index is 12.1. The summed E-state index contributed by atoms with van der Waals surface area (Å²) >= 11 is 0. The predicted molar refractivity (Wildman–Crippen MR) is 86.0 cm³/mol. The van der Waals surface area contributed by atoms with Crippen LogP contribution in [0, 0.1) is 0 Å². The molecular weight excluding hydrogens is 284 g/mol. The first-order valence-corrected chi connectivity index (χ1v) is 9.50. The first kappa shape index (κ1) is 16.5. The van der Waals surface area contributed by atoms with Gasteiger partial charge in [0.2, 0.25) is 0 Å². The molecule has 2 rings (SSSR count). The summed E-state index contributed by atoms with van der Waals surface area (Å²) in [6, 6.07) is 7.74. The van der Waals surface area contributed by atoms with Crippen molar-refractivity contribution in [2.45, 2.75) is 43.5 Å². The van der Waals surface area contributed by atoms with Crippen molar-refractivity contribution in [3.8, 4) is 0 Å². The summed E-state index contributed by atoms with van der Waals surface area (Å²) < 4.78 is 24.1. The Hall–Kier alpha value is -0.910. The van der Waals surface area contributed by atoms with Crippen molar-refractivity contribution in [1.29, 1.82) is 0 Å². The number of benzene rings is 1. The van der Waals surface area contributed by atoms with E-state index in [1.165, 1.54) is 18.4 Å². The van der Waals surface area contributed by atoms with Gasteiger partial charge in [-0.3, -0.25) is 4.90 Å². The van der Waals surface area contributed by atoms with Crippen LogP contribution in [-0.2, 0) is 9.84 Å². The van der Waals surface area contributed by atoms with Crippen molar-refractivity contribution in [2.24, 2.45) is 5.73 Å². The summed E-state index contributed by atoms with van der Waals surface area (Å²) in [6.07, 6.45) is 4.04. The van der Waals surface area contributed by atoms with Crippen LogP contribution in [-0.4, -0.2) is 38.7 Å². The predicted octanol–water partition coefficient (Wildman–Crippen LogP) is 2.36. The van der Waals surface area contributed by atoms with Crippen molar-refractivity contribution in [3.05, 3.63) is 29.8 Å². The Kier molecular flexibility index (Phi) is 5.79. The Morgan fingerprint density at radius 1 is 1.19 bits per heavy atom. The van der Waals surface area contributed by atoms with Crippen molar-refractivity contribution in [3.63, 3.8) is 0 Å². The zero-order valence-electron chi connectivity index (χ0n) is 12.8. The van der Waals surface area contributed by atoms with Crippen LogP contribution < -0.4 is 5.73 Å². The van der Waals surface area contributed by atoms with Crippen molar-refractivity contribution >= 4 is 9.84 Å². The van der Waals surface area contributed by atoms with Crippen LogP contribution in [0.5, 0.6) is 0 Å². The topological polar surface area (TPSA) is 63.4 Å². The average molecular weight is 310 g/mol. The number of nitrogens with zero attached hydrogens (tertiary/aromatic N) is 1. The molecule has 5 heteroatoms. The molecule has 1 unspecified atom stereocenters. The van der Waals surface area contributed by atoms with Gasteiger partial charge in [-0.25, -0.2) is 8.42 Å². The lowest BCUT2D eigenvalue weighted by atomic mass is 10.0. The quantitative estimate of drug-likeness (QED) is 0.840. The number of hydrogen-bond donors (Lipinski definition) is 1.